The first kappa shape index (κ1) is 19.9. The highest BCUT2D eigenvalue weighted by Gasteiger charge is 2.30. The molecule has 1 aromatic heterocycles. The predicted octanol–water partition coefficient (Wildman–Crippen LogP) is 4.94. The first-order valence-corrected chi connectivity index (χ1v) is 8.90. The molecule has 0 unspecified atom stereocenters. The lowest BCUT2D eigenvalue weighted by Gasteiger charge is -2.08. The molecule has 1 heterocycles. The van der Waals surface area contributed by atoms with Crippen molar-refractivity contribution in [1.82, 2.24) is 10.2 Å². The van der Waals surface area contributed by atoms with Gasteiger partial charge >= 0.3 is 6.36 Å². The van der Waals surface area contributed by atoms with Crippen LogP contribution in [0.1, 0.15) is 5.56 Å². The maximum Gasteiger partial charge on any atom is 0.573 e. The molecule has 28 heavy (non-hydrogen) atoms. The van der Waals surface area contributed by atoms with Crippen LogP contribution < -0.4 is 14.2 Å². The van der Waals surface area contributed by atoms with Gasteiger partial charge in [-0.25, -0.2) is 0 Å². The van der Waals surface area contributed by atoms with Crippen LogP contribution in [-0.4, -0.2) is 30.8 Å². The average molecular weight is 412 g/mol. The van der Waals surface area contributed by atoms with Crippen LogP contribution in [0.3, 0.4) is 0 Å². The largest absolute Gasteiger partial charge is 0.573 e. The van der Waals surface area contributed by atoms with Crippen molar-refractivity contribution in [2.75, 3.05) is 14.2 Å². The van der Waals surface area contributed by atoms with Crippen LogP contribution in [0, 0.1) is 0 Å². The molecule has 0 atom stereocenters. The summed E-state index contributed by atoms with van der Waals surface area (Å²) >= 11 is 1.27. The number of halogens is 3. The quantitative estimate of drug-likeness (QED) is 0.509. The second kappa shape index (κ2) is 8.42. The molecule has 0 aliphatic rings. The molecule has 0 spiro atoms. The van der Waals surface area contributed by atoms with Gasteiger partial charge in [-0.3, -0.25) is 0 Å². The summed E-state index contributed by atoms with van der Waals surface area (Å²) in [6, 6.07) is 10.8. The van der Waals surface area contributed by atoms with E-state index in [-0.39, 0.29) is 5.75 Å². The Morgan fingerprint density at radius 2 is 1.68 bits per heavy atom. The summed E-state index contributed by atoms with van der Waals surface area (Å²) < 4.78 is 56.4. The van der Waals surface area contributed by atoms with Crippen LogP contribution in [0.4, 0.5) is 13.2 Å². The first-order chi connectivity index (χ1) is 13.4. The molecular weight excluding hydrogens is 397 g/mol. The van der Waals surface area contributed by atoms with Crippen LogP contribution in [-0.2, 0) is 5.75 Å². The molecule has 10 heteroatoms. The van der Waals surface area contributed by atoms with Gasteiger partial charge in [-0.15, -0.1) is 23.4 Å². The van der Waals surface area contributed by atoms with Crippen molar-refractivity contribution in [2.24, 2.45) is 0 Å². The van der Waals surface area contributed by atoms with E-state index in [2.05, 4.69) is 14.9 Å². The monoisotopic (exact) mass is 412 g/mol. The van der Waals surface area contributed by atoms with Gasteiger partial charge in [-0.05, 0) is 35.9 Å². The third-order valence-electron chi connectivity index (χ3n) is 3.56. The van der Waals surface area contributed by atoms with E-state index in [1.807, 2.05) is 0 Å². The van der Waals surface area contributed by atoms with Crippen LogP contribution in [0.2, 0.25) is 0 Å². The van der Waals surface area contributed by atoms with Crippen molar-refractivity contribution in [3.05, 3.63) is 48.0 Å². The second-order valence-electron chi connectivity index (χ2n) is 5.42. The molecule has 148 valence electrons. The Morgan fingerprint density at radius 1 is 0.964 bits per heavy atom. The van der Waals surface area contributed by atoms with Crippen molar-refractivity contribution >= 4 is 11.8 Å². The Bertz CT molecular complexity index is 929. The lowest BCUT2D eigenvalue weighted by molar-refractivity contribution is -0.274. The number of hydrogen-bond donors (Lipinski definition) is 0. The van der Waals surface area contributed by atoms with E-state index < -0.39 is 6.36 Å². The minimum atomic E-state index is -4.71. The van der Waals surface area contributed by atoms with Gasteiger partial charge in [0.25, 0.3) is 5.22 Å². The molecule has 0 aliphatic heterocycles. The number of rotatable bonds is 7. The Labute approximate surface area is 162 Å². The average Bonchev–Trinajstić information content (AvgIpc) is 3.14. The predicted molar refractivity (Wildman–Crippen MR) is 95.5 cm³/mol. The van der Waals surface area contributed by atoms with Crippen molar-refractivity contribution < 1.29 is 31.8 Å². The zero-order valence-electron chi connectivity index (χ0n) is 14.8. The van der Waals surface area contributed by atoms with Crippen LogP contribution in [0.25, 0.3) is 11.5 Å². The molecule has 3 aromatic rings. The Morgan fingerprint density at radius 3 is 2.32 bits per heavy atom. The van der Waals surface area contributed by atoms with E-state index in [0.29, 0.717) is 33.9 Å². The molecule has 2 aromatic carbocycles. The fourth-order valence-corrected chi connectivity index (χ4v) is 3.01. The van der Waals surface area contributed by atoms with Crippen molar-refractivity contribution in [2.45, 2.75) is 17.3 Å². The Kier molecular flexibility index (Phi) is 5.98. The minimum absolute atomic E-state index is 0.269. The minimum Gasteiger partial charge on any atom is -0.493 e. The molecule has 0 N–H and O–H groups in total. The number of hydrogen-bond acceptors (Lipinski definition) is 7. The summed E-state index contributed by atoms with van der Waals surface area (Å²) in [6.45, 7) is 0. The van der Waals surface area contributed by atoms with E-state index in [9.17, 15) is 13.2 Å². The number of nitrogens with zero attached hydrogens (tertiary/aromatic N) is 2. The van der Waals surface area contributed by atoms with Gasteiger partial charge < -0.3 is 18.6 Å². The fourth-order valence-electron chi connectivity index (χ4n) is 2.29. The molecule has 0 amide bonds. The highest BCUT2D eigenvalue weighted by atomic mass is 32.2. The van der Waals surface area contributed by atoms with Crippen LogP contribution in [0.15, 0.2) is 52.1 Å². The fraction of sp³-hybridized carbons (Fsp3) is 0.222. The SMILES string of the molecule is COc1ccc(-c2nnc(SCc3ccc(OC(F)(F)F)cc3)o2)cc1OC. The maximum absolute atomic E-state index is 12.2. The summed E-state index contributed by atoms with van der Waals surface area (Å²) in [4.78, 5) is 0. The normalized spacial score (nSPS) is 11.3. The lowest BCUT2D eigenvalue weighted by Crippen LogP contribution is -2.16. The molecule has 6 nitrogen and oxygen atoms in total. The van der Waals surface area contributed by atoms with Gasteiger partial charge in [0, 0.05) is 11.3 Å². The van der Waals surface area contributed by atoms with E-state index in [1.165, 1.54) is 31.0 Å². The van der Waals surface area contributed by atoms with E-state index in [4.69, 9.17) is 13.9 Å². The molecule has 3 rings (SSSR count). The number of aromatic nitrogens is 2. The summed E-state index contributed by atoms with van der Waals surface area (Å²) in [5, 5.41) is 8.31. The molecule has 0 saturated carbocycles. The lowest BCUT2D eigenvalue weighted by atomic mass is 10.2. The molecule has 0 saturated heterocycles. The van der Waals surface area contributed by atoms with Gasteiger partial charge in [-0.1, -0.05) is 23.9 Å². The third kappa shape index (κ3) is 5.10. The number of alkyl halides is 3. The van der Waals surface area contributed by atoms with Crippen molar-refractivity contribution in [3.8, 4) is 28.7 Å². The zero-order valence-corrected chi connectivity index (χ0v) is 15.6. The molecular formula is C18H15F3N2O4S. The van der Waals surface area contributed by atoms with Gasteiger partial charge in [0.05, 0.1) is 14.2 Å². The Hall–Kier alpha value is -2.88. The molecule has 0 fully saturated rings. The molecule has 0 radical (unpaired) electrons. The van der Waals surface area contributed by atoms with Gasteiger partial charge in [-0.2, -0.15) is 0 Å². The number of methoxy groups -OCH3 is 2. The standard InChI is InChI=1S/C18H15F3N2O4S/c1-24-14-8-5-12(9-15(14)25-2)16-22-23-17(26-16)28-10-11-3-6-13(7-4-11)27-18(19,20)21/h3-9H,10H2,1-2H3. The number of thioether (sulfide) groups is 1. The van der Waals surface area contributed by atoms with E-state index in [0.717, 1.165) is 5.56 Å². The highest BCUT2D eigenvalue weighted by Crippen LogP contribution is 2.33. The summed E-state index contributed by atoms with van der Waals surface area (Å²) in [6.07, 6.45) is -4.71. The van der Waals surface area contributed by atoms with Gasteiger partial charge in [0.2, 0.25) is 5.89 Å². The van der Waals surface area contributed by atoms with Gasteiger partial charge in [0.1, 0.15) is 5.75 Å². The summed E-state index contributed by atoms with van der Waals surface area (Å²) in [5.74, 6) is 1.61. The second-order valence-corrected chi connectivity index (χ2v) is 6.35. The maximum atomic E-state index is 12.2. The molecule has 0 aliphatic carbocycles. The number of ether oxygens (including phenoxy) is 3. The third-order valence-corrected chi connectivity index (χ3v) is 4.45. The van der Waals surface area contributed by atoms with E-state index in [1.54, 1.807) is 37.4 Å². The summed E-state index contributed by atoms with van der Waals surface area (Å²) in [5.41, 5.74) is 1.45. The number of benzene rings is 2. The summed E-state index contributed by atoms with van der Waals surface area (Å²) in [7, 11) is 3.07. The van der Waals surface area contributed by atoms with Crippen LogP contribution in [0.5, 0.6) is 17.2 Å². The van der Waals surface area contributed by atoms with Crippen molar-refractivity contribution in [1.29, 1.82) is 0 Å². The molecule has 0 bridgehead atoms. The smallest absolute Gasteiger partial charge is 0.493 e. The zero-order chi connectivity index (χ0) is 20.1. The topological polar surface area (TPSA) is 66.6 Å². The van der Waals surface area contributed by atoms with E-state index >= 15 is 0 Å². The van der Waals surface area contributed by atoms with Crippen molar-refractivity contribution in [3.63, 3.8) is 0 Å². The van der Waals surface area contributed by atoms with Crippen LogP contribution >= 0.6 is 11.8 Å². The first-order valence-electron chi connectivity index (χ1n) is 7.91. The van der Waals surface area contributed by atoms with Gasteiger partial charge in [0.15, 0.2) is 11.5 Å². The Balaban J connectivity index is 1.64. The highest BCUT2D eigenvalue weighted by molar-refractivity contribution is 7.98.